The molecule has 1 atom stereocenters. The third-order valence-electron chi connectivity index (χ3n) is 2.24. The van der Waals surface area contributed by atoms with Gasteiger partial charge < -0.3 is 5.73 Å². The Morgan fingerprint density at radius 3 is 2.65 bits per heavy atom. The highest BCUT2D eigenvalue weighted by molar-refractivity contribution is 6.18. The quantitative estimate of drug-likeness (QED) is 0.740. The number of carbonyl (C=O) groups excluding carboxylic acids is 2. The second kappa shape index (κ2) is 6.84. The zero-order chi connectivity index (χ0) is 15.1. The number of nitrogens with zero attached hydrogens (tertiary/aromatic N) is 5. The van der Waals surface area contributed by atoms with Crippen LogP contribution in [0.4, 0.5) is 0 Å². The zero-order valence-corrected chi connectivity index (χ0v) is 10.9. The van der Waals surface area contributed by atoms with E-state index in [0.29, 0.717) is 5.69 Å². The second-order valence-electron chi connectivity index (χ2n) is 3.87. The van der Waals surface area contributed by atoms with Crippen LogP contribution >= 0.6 is 0 Å². The molecule has 2 heterocycles. The van der Waals surface area contributed by atoms with Crippen molar-refractivity contribution in [3.8, 4) is 6.07 Å². The number of nitriles is 1. The van der Waals surface area contributed by atoms with Crippen molar-refractivity contribution in [2.45, 2.75) is 19.9 Å². The van der Waals surface area contributed by atoms with Gasteiger partial charge in [-0.1, -0.05) is 0 Å². The highest BCUT2D eigenvalue weighted by Gasteiger charge is 2.19. The first-order chi connectivity index (χ1) is 9.45. The SMILES string of the molecule is CC1C=C(C(N)=O)C(=O)N=N1.Cc1cncnc1C#N. The molecule has 0 radical (unpaired) electrons. The van der Waals surface area contributed by atoms with Gasteiger partial charge >= 0.3 is 0 Å². The minimum Gasteiger partial charge on any atom is -0.365 e. The highest BCUT2D eigenvalue weighted by Crippen LogP contribution is 2.08. The van der Waals surface area contributed by atoms with E-state index in [1.165, 1.54) is 12.4 Å². The normalized spacial score (nSPS) is 16.6. The number of primary amides is 1. The van der Waals surface area contributed by atoms with Gasteiger partial charge in [0.1, 0.15) is 23.7 Å². The van der Waals surface area contributed by atoms with E-state index in [1.807, 2.05) is 6.07 Å². The summed E-state index contributed by atoms with van der Waals surface area (Å²) in [5.41, 5.74) is 6.08. The number of nitrogens with two attached hydrogens (primary N) is 1. The average Bonchev–Trinajstić information content (AvgIpc) is 2.42. The van der Waals surface area contributed by atoms with Crippen LogP contribution in [0.15, 0.2) is 34.4 Å². The van der Waals surface area contributed by atoms with E-state index in [9.17, 15) is 9.59 Å². The Balaban J connectivity index is 0.000000204. The fraction of sp³-hybridized carbons (Fsp3) is 0.250. The van der Waals surface area contributed by atoms with Gasteiger partial charge in [-0.2, -0.15) is 10.4 Å². The number of hydrogen-bond donors (Lipinski definition) is 1. The van der Waals surface area contributed by atoms with E-state index in [-0.39, 0.29) is 11.6 Å². The van der Waals surface area contributed by atoms with E-state index in [0.717, 1.165) is 5.56 Å². The summed E-state index contributed by atoms with van der Waals surface area (Å²) >= 11 is 0. The predicted octanol–water partition coefficient (Wildman–Crippen LogP) is 0.436. The fourth-order valence-corrected chi connectivity index (χ4v) is 1.25. The smallest absolute Gasteiger partial charge is 0.300 e. The summed E-state index contributed by atoms with van der Waals surface area (Å²) in [6.45, 7) is 3.51. The Morgan fingerprint density at radius 1 is 1.50 bits per heavy atom. The van der Waals surface area contributed by atoms with Crippen LogP contribution in [0.25, 0.3) is 0 Å². The third-order valence-corrected chi connectivity index (χ3v) is 2.24. The van der Waals surface area contributed by atoms with Crippen LogP contribution < -0.4 is 5.73 Å². The lowest BCUT2D eigenvalue weighted by atomic mass is 10.1. The molecule has 0 bridgehead atoms. The molecule has 1 aromatic rings. The summed E-state index contributed by atoms with van der Waals surface area (Å²) in [6.07, 6.45) is 4.38. The third kappa shape index (κ3) is 4.06. The minimum absolute atomic E-state index is 0.0764. The number of aryl methyl sites for hydroxylation is 1. The van der Waals surface area contributed by atoms with Crippen molar-refractivity contribution in [2.75, 3.05) is 0 Å². The largest absolute Gasteiger partial charge is 0.365 e. The first-order valence-corrected chi connectivity index (χ1v) is 5.59. The molecule has 0 saturated carbocycles. The van der Waals surface area contributed by atoms with Gasteiger partial charge in [0.25, 0.3) is 11.8 Å². The number of carbonyl (C=O) groups is 2. The van der Waals surface area contributed by atoms with E-state index < -0.39 is 11.8 Å². The van der Waals surface area contributed by atoms with E-state index >= 15 is 0 Å². The Kier molecular flexibility index (Phi) is 5.17. The van der Waals surface area contributed by atoms with Crippen LogP contribution in [0.5, 0.6) is 0 Å². The maximum atomic E-state index is 10.8. The lowest BCUT2D eigenvalue weighted by molar-refractivity contribution is -0.120. The van der Waals surface area contributed by atoms with Crippen molar-refractivity contribution in [3.63, 3.8) is 0 Å². The molecule has 0 spiro atoms. The van der Waals surface area contributed by atoms with E-state index in [4.69, 9.17) is 11.0 Å². The van der Waals surface area contributed by atoms with Gasteiger partial charge in [-0.05, 0) is 19.9 Å². The molecular weight excluding hydrogens is 260 g/mol. The van der Waals surface area contributed by atoms with Crippen molar-refractivity contribution in [2.24, 2.45) is 16.0 Å². The van der Waals surface area contributed by atoms with Crippen molar-refractivity contribution >= 4 is 11.8 Å². The van der Waals surface area contributed by atoms with Gasteiger partial charge in [-0.25, -0.2) is 9.97 Å². The predicted molar refractivity (Wildman–Crippen MR) is 68.1 cm³/mol. The Labute approximate surface area is 115 Å². The summed E-state index contributed by atoms with van der Waals surface area (Å²) in [5.74, 6) is -1.41. The van der Waals surface area contributed by atoms with Crippen LogP contribution in [0, 0.1) is 18.3 Å². The maximum absolute atomic E-state index is 10.8. The van der Waals surface area contributed by atoms with Gasteiger partial charge in [0.05, 0.1) is 6.04 Å². The molecular formula is C12H12N6O2. The summed E-state index contributed by atoms with van der Waals surface area (Å²) in [5, 5.41) is 15.1. The number of azo groups is 1. The number of aromatic nitrogens is 2. The number of hydrogen-bond acceptors (Lipinski definition) is 6. The molecule has 0 aliphatic carbocycles. The topological polar surface area (TPSA) is 134 Å². The molecule has 8 heteroatoms. The fourth-order valence-electron chi connectivity index (χ4n) is 1.25. The molecule has 1 aliphatic rings. The Bertz CT molecular complexity index is 629. The van der Waals surface area contributed by atoms with Crippen LogP contribution in [0.3, 0.4) is 0 Å². The Hall–Kier alpha value is -2.95. The summed E-state index contributed by atoms with van der Waals surface area (Å²) in [4.78, 5) is 28.7. The molecule has 0 fully saturated rings. The van der Waals surface area contributed by atoms with Crippen molar-refractivity contribution in [3.05, 3.63) is 35.4 Å². The second-order valence-corrected chi connectivity index (χ2v) is 3.87. The maximum Gasteiger partial charge on any atom is 0.300 e. The zero-order valence-electron chi connectivity index (χ0n) is 10.9. The lowest BCUT2D eigenvalue weighted by Gasteiger charge is -2.05. The van der Waals surface area contributed by atoms with Crippen LogP contribution in [0.2, 0.25) is 0 Å². The molecule has 2 N–H and O–H groups in total. The Morgan fingerprint density at radius 2 is 2.20 bits per heavy atom. The van der Waals surface area contributed by atoms with Gasteiger partial charge in [0.15, 0.2) is 0 Å². The molecule has 0 saturated heterocycles. The molecule has 2 amide bonds. The van der Waals surface area contributed by atoms with Gasteiger partial charge in [-0.15, -0.1) is 5.11 Å². The van der Waals surface area contributed by atoms with Crippen molar-refractivity contribution in [1.82, 2.24) is 9.97 Å². The first kappa shape index (κ1) is 15.1. The summed E-state index contributed by atoms with van der Waals surface area (Å²) in [6, 6.07) is 1.70. The molecule has 0 aromatic carbocycles. The lowest BCUT2D eigenvalue weighted by Crippen LogP contribution is -2.22. The molecule has 102 valence electrons. The van der Waals surface area contributed by atoms with Crippen molar-refractivity contribution < 1.29 is 9.59 Å². The molecule has 1 aliphatic heterocycles. The summed E-state index contributed by atoms with van der Waals surface area (Å²) < 4.78 is 0. The van der Waals surface area contributed by atoms with E-state index in [2.05, 4.69) is 20.2 Å². The van der Waals surface area contributed by atoms with Crippen LogP contribution in [-0.4, -0.2) is 27.8 Å². The molecule has 2 rings (SSSR count). The van der Waals surface area contributed by atoms with Gasteiger partial charge in [0.2, 0.25) is 0 Å². The number of rotatable bonds is 1. The highest BCUT2D eigenvalue weighted by atomic mass is 16.2. The minimum atomic E-state index is -0.750. The van der Waals surface area contributed by atoms with Gasteiger partial charge in [0, 0.05) is 11.8 Å². The average molecular weight is 272 g/mol. The molecule has 1 unspecified atom stereocenters. The first-order valence-electron chi connectivity index (χ1n) is 5.59. The monoisotopic (exact) mass is 272 g/mol. The van der Waals surface area contributed by atoms with Crippen molar-refractivity contribution in [1.29, 1.82) is 5.26 Å². The summed E-state index contributed by atoms with van der Waals surface area (Å²) in [7, 11) is 0. The molecule has 20 heavy (non-hydrogen) atoms. The van der Waals surface area contributed by atoms with Crippen LogP contribution in [-0.2, 0) is 9.59 Å². The van der Waals surface area contributed by atoms with Gasteiger partial charge in [-0.3, -0.25) is 9.59 Å². The van der Waals surface area contributed by atoms with E-state index in [1.54, 1.807) is 20.0 Å². The molecule has 1 aromatic heterocycles. The standard InChI is InChI=1S/C6H7N3O2.C6H5N3/c1-3-2-4(5(7)10)6(11)9-8-3;1-5-3-8-4-9-6(5)2-7/h2-3H,1H3,(H2,7,10);3-4H,1H3. The number of amides is 2. The van der Waals surface area contributed by atoms with Crippen LogP contribution in [0.1, 0.15) is 18.2 Å². The molecule has 8 nitrogen and oxygen atoms in total.